The molecule has 1 aromatic heterocycles. The normalized spacial score (nSPS) is 25.2. The van der Waals surface area contributed by atoms with Gasteiger partial charge in [0.1, 0.15) is 30.3 Å². The zero-order valence-corrected chi connectivity index (χ0v) is 25.1. The van der Waals surface area contributed by atoms with Crippen LogP contribution in [0.5, 0.6) is 0 Å². The van der Waals surface area contributed by atoms with Crippen LogP contribution in [0.25, 0.3) is 0 Å². The molecule has 7 nitrogen and oxygen atoms in total. The number of alkyl halides is 2. The molecule has 2 aromatic carbocycles. The van der Waals surface area contributed by atoms with Gasteiger partial charge in [-0.25, -0.2) is 22.9 Å². The van der Waals surface area contributed by atoms with Crippen LogP contribution < -0.4 is 9.80 Å². The third-order valence-corrected chi connectivity index (χ3v) is 9.71. The van der Waals surface area contributed by atoms with Gasteiger partial charge in [0.2, 0.25) is 11.8 Å². The van der Waals surface area contributed by atoms with Crippen LogP contribution in [-0.2, 0) is 14.4 Å². The maximum absolute atomic E-state index is 14.9. The maximum Gasteiger partial charge on any atom is 0.341 e. The zero-order chi connectivity index (χ0) is 31.4. The Balaban J connectivity index is 1.48. The number of rotatable bonds is 8. The SMILES string of the molecule is CCCC(=O)N(CC(=O)N(c1cccc(F)c1)C1C(=O)[N+]2(C3CC(F)(F)C3)CC(c3ccccc31)C2C)c1ccc(C)cn1. The molecule has 1 saturated heterocycles. The molecule has 7 rings (SSSR count). The number of carbonyl (C=O) groups is 3. The number of carbonyl (C=O) groups excluding carboxylic acids is 3. The van der Waals surface area contributed by atoms with Gasteiger partial charge in [-0.2, -0.15) is 0 Å². The number of quaternary nitrogens is 1. The van der Waals surface area contributed by atoms with Crippen LogP contribution in [0, 0.1) is 12.7 Å². The van der Waals surface area contributed by atoms with Crippen molar-refractivity contribution in [3.05, 3.63) is 89.4 Å². The lowest BCUT2D eigenvalue weighted by molar-refractivity contribution is -0.953. The Morgan fingerprint density at radius 3 is 2.36 bits per heavy atom. The van der Waals surface area contributed by atoms with Crippen LogP contribution in [-0.4, -0.2) is 58.3 Å². The summed E-state index contributed by atoms with van der Waals surface area (Å²) in [6.45, 7) is 5.56. The highest BCUT2D eigenvalue weighted by Gasteiger charge is 2.71. The van der Waals surface area contributed by atoms with E-state index in [0.29, 0.717) is 18.5 Å². The summed E-state index contributed by atoms with van der Waals surface area (Å²) in [5, 5.41) is 0. The Morgan fingerprint density at radius 1 is 1.02 bits per heavy atom. The smallest absolute Gasteiger partial charge is 0.290 e. The largest absolute Gasteiger partial charge is 0.341 e. The fraction of sp³-hybridized carbons (Fsp3) is 0.412. The number of amides is 3. The van der Waals surface area contributed by atoms with Gasteiger partial charge in [0.05, 0.1) is 25.3 Å². The molecule has 2 fully saturated rings. The van der Waals surface area contributed by atoms with Crippen LogP contribution >= 0.6 is 0 Å². The molecule has 2 bridgehead atoms. The van der Waals surface area contributed by atoms with Gasteiger partial charge >= 0.3 is 5.91 Å². The standard InChI is InChI=1S/C34H36F3N4O3/c1-4-8-30(42)39(29-14-13-21(2)18-38-29)19-31(43)40(24-10-7-9-23(35)15-24)32-27-12-6-5-11-26(27)28-20-41(22(28)3,33(32)44)25-16-34(36,37)17-25/h5-7,9-15,18,22,25,28,32H,4,8,16-17,19-20H2,1-3H3/q+1. The lowest BCUT2D eigenvalue weighted by Gasteiger charge is -2.60. The Hall–Kier alpha value is -4.05. The fourth-order valence-corrected chi connectivity index (χ4v) is 7.34. The van der Waals surface area contributed by atoms with Crippen molar-refractivity contribution in [2.45, 2.75) is 76.4 Å². The van der Waals surface area contributed by atoms with E-state index in [4.69, 9.17) is 0 Å². The molecule has 3 amide bonds. The highest BCUT2D eigenvalue weighted by Crippen LogP contribution is 2.57. The first-order valence-corrected chi connectivity index (χ1v) is 15.2. The van der Waals surface area contributed by atoms with Crippen LogP contribution in [0.4, 0.5) is 24.7 Å². The number of benzene rings is 2. The molecule has 4 aliphatic rings. The third kappa shape index (κ3) is 4.89. The zero-order valence-electron chi connectivity index (χ0n) is 25.1. The maximum atomic E-state index is 14.9. The summed E-state index contributed by atoms with van der Waals surface area (Å²) in [6, 6.07) is 14.2. The average Bonchev–Trinajstić information content (AvgIpc) is 3.13. The molecule has 3 aliphatic heterocycles. The Kier molecular flexibility index (Phi) is 7.60. The molecule has 44 heavy (non-hydrogen) atoms. The Labute approximate surface area is 254 Å². The van der Waals surface area contributed by atoms with Crippen molar-refractivity contribution in [3.8, 4) is 0 Å². The molecule has 10 heteroatoms. The summed E-state index contributed by atoms with van der Waals surface area (Å²) < 4.78 is 43.1. The minimum atomic E-state index is -2.84. The molecular formula is C34H36F3N4O3+. The number of fused-ring (bicyclic) bond motifs is 1. The minimum Gasteiger partial charge on any atom is -0.290 e. The van der Waals surface area contributed by atoms with E-state index < -0.39 is 49.1 Å². The monoisotopic (exact) mass is 605 g/mol. The topological polar surface area (TPSA) is 70.6 Å². The van der Waals surface area contributed by atoms with Crippen molar-refractivity contribution in [2.75, 3.05) is 22.9 Å². The third-order valence-electron chi connectivity index (χ3n) is 9.71. The molecule has 0 radical (unpaired) electrons. The molecule has 0 spiro atoms. The number of halogens is 3. The van der Waals surface area contributed by atoms with Crippen LogP contribution in [0.3, 0.4) is 0 Å². The lowest BCUT2D eigenvalue weighted by atomic mass is 9.74. The van der Waals surface area contributed by atoms with Gasteiger partial charge in [-0.15, -0.1) is 0 Å². The van der Waals surface area contributed by atoms with E-state index in [1.54, 1.807) is 36.5 Å². The van der Waals surface area contributed by atoms with E-state index in [-0.39, 0.29) is 46.2 Å². The van der Waals surface area contributed by atoms with Gasteiger partial charge in [-0.05, 0) is 61.2 Å². The highest BCUT2D eigenvalue weighted by molar-refractivity contribution is 6.06. The van der Waals surface area contributed by atoms with E-state index in [2.05, 4.69) is 4.98 Å². The molecular weight excluding hydrogens is 569 g/mol. The molecule has 4 unspecified atom stereocenters. The second kappa shape index (κ2) is 11.1. The van der Waals surface area contributed by atoms with Gasteiger partial charge < -0.3 is 0 Å². The van der Waals surface area contributed by atoms with E-state index in [1.165, 1.54) is 28.0 Å². The van der Waals surface area contributed by atoms with Gasteiger partial charge in [0.25, 0.3) is 5.92 Å². The number of aromatic nitrogens is 1. The van der Waals surface area contributed by atoms with Crippen molar-refractivity contribution in [2.24, 2.45) is 0 Å². The number of nitrogens with zero attached hydrogens (tertiary/aromatic N) is 4. The fourth-order valence-electron chi connectivity index (χ4n) is 7.34. The van der Waals surface area contributed by atoms with Gasteiger partial charge in [0, 0.05) is 18.3 Å². The second-order valence-electron chi connectivity index (χ2n) is 12.4. The summed E-state index contributed by atoms with van der Waals surface area (Å²) >= 11 is 0. The van der Waals surface area contributed by atoms with E-state index >= 15 is 0 Å². The van der Waals surface area contributed by atoms with E-state index in [9.17, 15) is 27.6 Å². The molecule has 1 aliphatic carbocycles. The first-order chi connectivity index (χ1) is 21.0. The highest BCUT2D eigenvalue weighted by atomic mass is 19.3. The number of hydrogen-bond acceptors (Lipinski definition) is 4. The average molecular weight is 606 g/mol. The van der Waals surface area contributed by atoms with Crippen LogP contribution in [0.2, 0.25) is 0 Å². The second-order valence-corrected chi connectivity index (χ2v) is 12.4. The Bertz CT molecular complexity index is 1610. The summed E-state index contributed by atoms with van der Waals surface area (Å²) in [6.07, 6.45) is 1.52. The van der Waals surface area contributed by atoms with Crippen molar-refractivity contribution < 1.29 is 32.0 Å². The lowest BCUT2D eigenvalue weighted by Crippen LogP contribution is -2.78. The molecule has 4 atom stereocenters. The summed E-state index contributed by atoms with van der Waals surface area (Å²) in [5.41, 5.74) is 2.50. The predicted molar refractivity (Wildman–Crippen MR) is 160 cm³/mol. The molecule has 0 N–H and O–H groups in total. The quantitative estimate of drug-likeness (QED) is 0.292. The molecule has 230 valence electrons. The summed E-state index contributed by atoms with van der Waals surface area (Å²) in [5.74, 6) is -4.50. The van der Waals surface area contributed by atoms with Crippen LogP contribution in [0.15, 0.2) is 66.9 Å². The molecule has 1 saturated carbocycles. The minimum absolute atomic E-state index is 0.0572. The first-order valence-electron chi connectivity index (χ1n) is 15.2. The summed E-state index contributed by atoms with van der Waals surface area (Å²) in [4.78, 5) is 49.7. The van der Waals surface area contributed by atoms with Gasteiger partial charge in [0.15, 0.2) is 6.04 Å². The number of hydrogen-bond donors (Lipinski definition) is 0. The Morgan fingerprint density at radius 2 is 1.75 bits per heavy atom. The van der Waals surface area contributed by atoms with Crippen molar-refractivity contribution >= 4 is 29.2 Å². The van der Waals surface area contributed by atoms with E-state index in [1.807, 2.05) is 32.9 Å². The molecule has 4 heterocycles. The summed E-state index contributed by atoms with van der Waals surface area (Å²) in [7, 11) is 0. The van der Waals surface area contributed by atoms with Crippen LogP contribution in [0.1, 0.15) is 68.2 Å². The van der Waals surface area contributed by atoms with Crippen molar-refractivity contribution in [3.63, 3.8) is 0 Å². The van der Waals surface area contributed by atoms with Gasteiger partial charge in [-0.1, -0.05) is 43.3 Å². The molecule has 3 aromatic rings. The first kappa shape index (κ1) is 30.0. The number of anilines is 2. The van der Waals surface area contributed by atoms with Crippen molar-refractivity contribution in [1.82, 2.24) is 4.98 Å². The number of pyridine rings is 1. The van der Waals surface area contributed by atoms with Gasteiger partial charge in [-0.3, -0.25) is 23.9 Å². The number of aryl methyl sites for hydroxylation is 1. The van der Waals surface area contributed by atoms with E-state index in [0.717, 1.165) is 11.1 Å². The predicted octanol–water partition coefficient (Wildman–Crippen LogP) is 6.08. The van der Waals surface area contributed by atoms with Crippen molar-refractivity contribution in [1.29, 1.82) is 0 Å².